The van der Waals surface area contributed by atoms with Gasteiger partial charge >= 0.3 is 6.03 Å². The van der Waals surface area contributed by atoms with Crippen LogP contribution in [0.5, 0.6) is 0 Å². The maximum Gasteiger partial charge on any atom is 0.317 e. The Hall–Kier alpha value is -1.55. The van der Waals surface area contributed by atoms with E-state index in [4.69, 9.17) is 0 Å². The summed E-state index contributed by atoms with van der Waals surface area (Å²) in [6.45, 7) is 5.74. The van der Waals surface area contributed by atoms with E-state index >= 15 is 0 Å². The fourth-order valence-electron chi connectivity index (χ4n) is 5.48. The lowest BCUT2D eigenvalue weighted by Crippen LogP contribution is -2.62. The van der Waals surface area contributed by atoms with Crippen molar-refractivity contribution in [3.63, 3.8) is 0 Å². The number of urea groups is 1. The Labute approximate surface area is 151 Å². The quantitative estimate of drug-likeness (QED) is 0.908. The fraction of sp³-hybridized carbons (Fsp3) is 0.667. The number of carbonyl (C=O) groups is 1. The molecule has 1 spiro atoms. The van der Waals surface area contributed by atoms with Crippen LogP contribution in [-0.4, -0.2) is 48.1 Å². The predicted octanol–water partition coefficient (Wildman–Crippen LogP) is 3.80. The molecule has 1 aromatic rings. The molecule has 0 bridgehead atoms. The van der Waals surface area contributed by atoms with Crippen LogP contribution in [0.3, 0.4) is 0 Å². The monoisotopic (exact) mass is 341 g/mol. The van der Waals surface area contributed by atoms with Crippen molar-refractivity contribution >= 4 is 6.03 Å². The second kappa shape index (κ2) is 6.99. The smallest absolute Gasteiger partial charge is 0.317 e. The third-order valence-electron chi connectivity index (χ3n) is 6.67. The van der Waals surface area contributed by atoms with Crippen LogP contribution in [-0.2, 0) is 0 Å². The molecule has 4 rings (SSSR count). The molecular formula is C21H31N3O. The van der Waals surface area contributed by atoms with Crippen molar-refractivity contribution < 1.29 is 4.79 Å². The van der Waals surface area contributed by atoms with Gasteiger partial charge in [0.25, 0.3) is 0 Å². The zero-order valence-corrected chi connectivity index (χ0v) is 15.4. The first-order valence-electron chi connectivity index (χ1n) is 10.1. The van der Waals surface area contributed by atoms with Crippen LogP contribution >= 0.6 is 0 Å². The summed E-state index contributed by atoms with van der Waals surface area (Å²) >= 11 is 0. The van der Waals surface area contributed by atoms with Gasteiger partial charge in [0, 0.05) is 43.7 Å². The third-order valence-corrected chi connectivity index (χ3v) is 6.67. The SMILES string of the molecule is CCNC(=O)N1CCC(N2CC3(CCCC3)C2c2ccccc2)CC1. The second-order valence-electron chi connectivity index (χ2n) is 8.11. The molecule has 2 aliphatic heterocycles. The Bertz CT molecular complexity index is 588. The van der Waals surface area contributed by atoms with Gasteiger partial charge in [-0.15, -0.1) is 0 Å². The molecule has 25 heavy (non-hydrogen) atoms. The average molecular weight is 341 g/mol. The first kappa shape index (κ1) is 16.9. The summed E-state index contributed by atoms with van der Waals surface area (Å²) in [5.74, 6) is 0. The van der Waals surface area contributed by atoms with Gasteiger partial charge in [0.05, 0.1) is 0 Å². The Morgan fingerprint density at radius 3 is 2.48 bits per heavy atom. The number of likely N-dealkylation sites (tertiary alicyclic amines) is 2. The van der Waals surface area contributed by atoms with Gasteiger partial charge in [-0.2, -0.15) is 0 Å². The molecule has 0 radical (unpaired) electrons. The van der Waals surface area contributed by atoms with Crippen LogP contribution in [0.1, 0.15) is 57.1 Å². The summed E-state index contributed by atoms with van der Waals surface area (Å²) in [7, 11) is 0. The summed E-state index contributed by atoms with van der Waals surface area (Å²) in [4.78, 5) is 16.8. The van der Waals surface area contributed by atoms with Crippen molar-refractivity contribution in [2.75, 3.05) is 26.2 Å². The molecule has 4 nitrogen and oxygen atoms in total. The van der Waals surface area contributed by atoms with Crippen LogP contribution in [0.4, 0.5) is 4.79 Å². The Balaban J connectivity index is 1.45. The number of hydrogen-bond donors (Lipinski definition) is 1. The lowest BCUT2D eigenvalue weighted by Gasteiger charge is -2.60. The van der Waals surface area contributed by atoms with Gasteiger partial charge in [-0.05, 0) is 38.2 Å². The second-order valence-corrected chi connectivity index (χ2v) is 8.11. The number of rotatable bonds is 3. The molecule has 1 aliphatic carbocycles. The Morgan fingerprint density at radius 2 is 1.84 bits per heavy atom. The van der Waals surface area contributed by atoms with Gasteiger partial charge in [0.1, 0.15) is 0 Å². The van der Waals surface area contributed by atoms with E-state index in [0.29, 0.717) is 24.0 Å². The van der Waals surface area contributed by atoms with Crippen molar-refractivity contribution in [3.05, 3.63) is 35.9 Å². The molecule has 1 atom stereocenters. The number of nitrogens with one attached hydrogen (secondary N) is 1. The molecular weight excluding hydrogens is 310 g/mol. The largest absolute Gasteiger partial charge is 0.338 e. The van der Waals surface area contributed by atoms with Crippen molar-refractivity contribution in [1.82, 2.24) is 15.1 Å². The number of benzene rings is 1. The number of amides is 2. The molecule has 2 saturated heterocycles. The standard InChI is InChI=1S/C21H31N3O/c1-2-22-20(25)23-14-10-18(11-15-23)24-16-21(12-6-7-13-21)19(24)17-8-4-3-5-9-17/h3-5,8-9,18-19H,2,6-7,10-16H2,1H3,(H,22,25). The predicted molar refractivity (Wildman–Crippen MR) is 100 cm³/mol. The molecule has 1 N–H and O–H groups in total. The molecule has 0 aromatic heterocycles. The van der Waals surface area contributed by atoms with Crippen molar-refractivity contribution in [3.8, 4) is 0 Å². The lowest BCUT2D eigenvalue weighted by atomic mass is 9.66. The van der Waals surface area contributed by atoms with Crippen molar-refractivity contribution in [2.24, 2.45) is 5.41 Å². The minimum Gasteiger partial charge on any atom is -0.338 e. The normalized spacial score (nSPS) is 26.6. The van der Waals surface area contributed by atoms with E-state index < -0.39 is 0 Å². The van der Waals surface area contributed by atoms with Crippen LogP contribution in [0, 0.1) is 5.41 Å². The van der Waals surface area contributed by atoms with E-state index in [-0.39, 0.29) is 6.03 Å². The van der Waals surface area contributed by atoms with Gasteiger partial charge < -0.3 is 10.2 Å². The highest BCUT2D eigenvalue weighted by Gasteiger charge is 2.55. The lowest BCUT2D eigenvalue weighted by molar-refractivity contribution is -0.110. The highest BCUT2D eigenvalue weighted by Crippen LogP contribution is 2.59. The van der Waals surface area contributed by atoms with Gasteiger partial charge in [-0.3, -0.25) is 4.90 Å². The summed E-state index contributed by atoms with van der Waals surface area (Å²) in [6.07, 6.45) is 7.79. The molecule has 2 heterocycles. The van der Waals surface area contributed by atoms with E-state index in [1.54, 1.807) is 0 Å². The number of hydrogen-bond acceptors (Lipinski definition) is 2. The molecule has 3 aliphatic rings. The van der Waals surface area contributed by atoms with Crippen molar-refractivity contribution in [2.45, 2.75) is 57.5 Å². The minimum absolute atomic E-state index is 0.108. The maximum absolute atomic E-state index is 12.0. The van der Waals surface area contributed by atoms with Crippen LogP contribution in [0.25, 0.3) is 0 Å². The molecule has 2 amide bonds. The van der Waals surface area contributed by atoms with Crippen LogP contribution < -0.4 is 5.32 Å². The number of carbonyl (C=O) groups excluding carboxylic acids is 1. The first-order valence-corrected chi connectivity index (χ1v) is 10.1. The Morgan fingerprint density at radius 1 is 1.16 bits per heavy atom. The topological polar surface area (TPSA) is 35.6 Å². The fourth-order valence-corrected chi connectivity index (χ4v) is 5.48. The van der Waals surface area contributed by atoms with Crippen LogP contribution in [0.15, 0.2) is 30.3 Å². The highest BCUT2D eigenvalue weighted by molar-refractivity contribution is 5.74. The molecule has 1 aromatic carbocycles. The molecule has 3 fully saturated rings. The average Bonchev–Trinajstić information content (AvgIpc) is 3.13. The molecule has 136 valence electrons. The van der Waals surface area contributed by atoms with Gasteiger partial charge in [0.2, 0.25) is 0 Å². The van der Waals surface area contributed by atoms with Crippen molar-refractivity contribution in [1.29, 1.82) is 0 Å². The number of nitrogens with zero attached hydrogens (tertiary/aromatic N) is 2. The number of piperidine rings is 1. The van der Waals surface area contributed by atoms with Gasteiger partial charge in [0.15, 0.2) is 0 Å². The molecule has 1 unspecified atom stereocenters. The summed E-state index contributed by atoms with van der Waals surface area (Å²) in [5, 5.41) is 2.93. The maximum atomic E-state index is 12.0. The van der Waals surface area contributed by atoms with Crippen LogP contribution in [0.2, 0.25) is 0 Å². The minimum atomic E-state index is 0.108. The summed E-state index contributed by atoms with van der Waals surface area (Å²) < 4.78 is 0. The molecule has 4 heteroatoms. The van der Waals surface area contributed by atoms with Gasteiger partial charge in [-0.1, -0.05) is 43.2 Å². The summed E-state index contributed by atoms with van der Waals surface area (Å²) in [5.41, 5.74) is 2.03. The first-order chi connectivity index (χ1) is 12.2. The highest BCUT2D eigenvalue weighted by atomic mass is 16.2. The zero-order chi connectivity index (χ0) is 17.3. The molecule has 1 saturated carbocycles. The van der Waals surface area contributed by atoms with E-state index in [9.17, 15) is 4.79 Å². The zero-order valence-electron chi connectivity index (χ0n) is 15.4. The third kappa shape index (κ3) is 3.05. The van der Waals surface area contributed by atoms with Gasteiger partial charge in [-0.25, -0.2) is 4.79 Å². The van der Waals surface area contributed by atoms with E-state index in [1.807, 2.05) is 11.8 Å². The van der Waals surface area contributed by atoms with E-state index in [1.165, 1.54) is 37.8 Å². The summed E-state index contributed by atoms with van der Waals surface area (Å²) in [6, 6.07) is 12.5. The van der Waals surface area contributed by atoms with E-state index in [0.717, 1.165) is 25.9 Å². The Kier molecular flexibility index (Phi) is 4.72. The van der Waals surface area contributed by atoms with E-state index in [2.05, 4.69) is 40.5 Å².